The number of benzene rings is 1. The summed E-state index contributed by atoms with van der Waals surface area (Å²) in [6, 6.07) is 0.732. The number of rotatable bonds is 3. The number of amides is 1. The Morgan fingerprint density at radius 2 is 1.86 bits per heavy atom. The summed E-state index contributed by atoms with van der Waals surface area (Å²) < 4.78 is 24.9. The predicted octanol–water partition coefficient (Wildman–Crippen LogP) is 0.904. The van der Waals surface area contributed by atoms with Gasteiger partial charge in [0, 0.05) is 23.0 Å². The summed E-state index contributed by atoms with van der Waals surface area (Å²) in [5.41, 5.74) is 3.61. The van der Waals surface area contributed by atoms with Crippen molar-refractivity contribution in [1.29, 1.82) is 0 Å². The second-order valence-electron chi connectivity index (χ2n) is 9.12. The van der Waals surface area contributed by atoms with E-state index in [9.17, 15) is 38.9 Å². The topological polar surface area (TPSA) is 177 Å². The van der Waals surface area contributed by atoms with Crippen LogP contribution in [0.3, 0.4) is 0 Å². The monoisotopic (exact) mass is 522 g/mol. The molecule has 13 heteroatoms. The number of hydrogen-bond acceptors (Lipinski definition) is 10. The van der Waals surface area contributed by atoms with Crippen LogP contribution in [0.1, 0.15) is 15.9 Å². The zero-order valence-electron chi connectivity index (χ0n) is 19.4. The molecule has 0 aromatic heterocycles. The molecule has 1 amide bonds. The number of methoxy groups -OCH3 is 1. The van der Waals surface area contributed by atoms with E-state index in [0.29, 0.717) is 0 Å². The van der Waals surface area contributed by atoms with Gasteiger partial charge in [-0.1, -0.05) is 0 Å². The van der Waals surface area contributed by atoms with E-state index in [1.807, 2.05) is 0 Å². The van der Waals surface area contributed by atoms with Gasteiger partial charge in [0.25, 0.3) is 5.91 Å². The van der Waals surface area contributed by atoms with E-state index in [4.69, 9.17) is 10.5 Å². The van der Waals surface area contributed by atoms with E-state index >= 15 is 0 Å². The third-order valence-corrected chi connectivity index (χ3v) is 8.02. The molecule has 0 spiro atoms. The van der Waals surface area contributed by atoms with Crippen LogP contribution in [0, 0.1) is 17.7 Å². The Kier molecular flexibility index (Phi) is 6.09. The lowest BCUT2D eigenvalue weighted by Crippen LogP contribution is -2.66. The van der Waals surface area contributed by atoms with Crippen molar-refractivity contribution in [2.75, 3.05) is 21.2 Å². The van der Waals surface area contributed by atoms with Crippen molar-refractivity contribution in [2.45, 2.75) is 23.7 Å². The van der Waals surface area contributed by atoms with E-state index in [0.717, 1.165) is 19.2 Å². The number of fused-ring (bicyclic) bond motifs is 3. The van der Waals surface area contributed by atoms with E-state index in [2.05, 4.69) is 14.0 Å². The number of primary amides is 1. The first kappa shape index (κ1) is 25.6. The SMILES string of the molecule is COC(=O)O[C@@H]1[C@H]2[C@H](N(C)C)C(O)=C(C(N)=O)C(=O)[C@@]2(P)C(O)=C2C(=O)c3c(O)ccc(F)c3C[C@H]21. The molecular formula is C23H24FN2O9P. The predicted molar refractivity (Wildman–Crippen MR) is 124 cm³/mol. The first-order valence-corrected chi connectivity index (χ1v) is 11.3. The Morgan fingerprint density at radius 1 is 1.22 bits per heavy atom. The quantitative estimate of drug-likeness (QED) is 0.253. The van der Waals surface area contributed by atoms with Crippen LogP contribution in [-0.2, 0) is 25.5 Å². The molecule has 4 rings (SSSR count). The highest BCUT2D eigenvalue weighted by atomic mass is 31.0. The van der Waals surface area contributed by atoms with Crippen LogP contribution in [0.5, 0.6) is 5.75 Å². The Balaban J connectivity index is 2.08. The van der Waals surface area contributed by atoms with Gasteiger partial charge in [0.15, 0.2) is 11.6 Å². The highest BCUT2D eigenvalue weighted by Gasteiger charge is 2.66. The van der Waals surface area contributed by atoms with E-state index in [1.165, 1.54) is 19.0 Å². The van der Waals surface area contributed by atoms with E-state index in [1.54, 1.807) is 0 Å². The Morgan fingerprint density at radius 3 is 2.42 bits per heavy atom. The average molecular weight is 522 g/mol. The van der Waals surface area contributed by atoms with E-state index in [-0.39, 0.29) is 12.0 Å². The number of halogens is 1. The molecule has 1 unspecified atom stereocenters. The van der Waals surface area contributed by atoms with Gasteiger partial charge in [-0.15, -0.1) is 9.24 Å². The van der Waals surface area contributed by atoms with Gasteiger partial charge in [0.1, 0.15) is 39.9 Å². The third-order valence-electron chi connectivity index (χ3n) is 7.10. The molecule has 3 aliphatic rings. The number of aliphatic hydroxyl groups is 2. The number of allylic oxidation sites excluding steroid dienone is 1. The first-order valence-electron chi connectivity index (χ1n) is 10.7. The molecule has 36 heavy (non-hydrogen) atoms. The van der Waals surface area contributed by atoms with Crippen LogP contribution in [0.4, 0.5) is 9.18 Å². The molecule has 6 atom stereocenters. The summed E-state index contributed by atoms with van der Waals surface area (Å²) in [6.07, 6.45) is -2.94. The molecule has 1 aromatic carbocycles. The smallest absolute Gasteiger partial charge is 0.508 e. The lowest BCUT2D eigenvalue weighted by atomic mass is 9.58. The fourth-order valence-corrected chi connectivity index (χ4v) is 6.26. The van der Waals surface area contributed by atoms with Crippen molar-refractivity contribution in [1.82, 2.24) is 4.90 Å². The Bertz CT molecular complexity index is 1290. The number of nitrogens with two attached hydrogens (primary N) is 1. The van der Waals surface area contributed by atoms with Gasteiger partial charge in [-0.2, -0.15) is 0 Å². The number of hydrogen-bond donors (Lipinski definition) is 4. The molecule has 5 N–H and O–H groups in total. The first-order chi connectivity index (χ1) is 16.8. The van der Waals surface area contributed by atoms with Gasteiger partial charge in [0.05, 0.1) is 18.7 Å². The molecule has 1 aromatic rings. The minimum Gasteiger partial charge on any atom is -0.510 e. The van der Waals surface area contributed by atoms with Gasteiger partial charge >= 0.3 is 6.16 Å². The van der Waals surface area contributed by atoms with Gasteiger partial charge in [-0.3, -0.25) is 19.3 Å². The molecule has 3 aliphatic carbocycles. The van der Waals surface area contributed by atoms with E-state index < -0.39 is 92.6 Å². The molecule has 0 radical (unpaired) electrons. The Hall–Kier alpha value is -3.50. The van der Waals surface area contributed by atoms with Gasteiger partial charge in [-0.05, 0) is 32.6 Å². The molecular weight excluding hydrogens is 498 g/mol. The van der Waals surface area contributed by atoms with Crippen molar-refractivity contribution in [3.8, 4) is 5.75 Å². The van der Waals surface area contributed by atoms with Crippen LogP contribution in [0.15, 0.2) is 34.8 Å². The van der Waals surface area contributed by atoms with Crippen molar-refractivity contribution >= 4 is 32.9 Å². The maximum atomic E-state index is 14.8. The molecule has 192 valence electrons. The normalized spacial score (nSPS) is 29.5. The molecule has 0 bridgehead atoms. The van der Waals surface area contributed by atoms with Crippen molar-refractivity contribution in [3.05, 3.63) is 51.7 Å². The summed E-state index contributed by atoms with van der Waals surface area (Å²) in [7, 11) is 6.16. The van der Waals surface area contributed by atoms with Crippen molar-refractivity contribution in [2.24, 2.45) is 17.6 Å². The number of carbonyl (C=O) groups is 4. The molecule has 0 fully saturated rings. The second kappa shape index (κ2) is 8.56. The molecule has 0 aliphatic heterocycles. The van der Waals surface area contributed by atoms with Crippen LogP contribution < -0.4 is 5.73 Å². The number of aromatic hydroxyl groups is 1. The zero-order chi connectivity index (χ0) is 26.9. The van der Waals surface area contributed by atoms with Gasteiger partial charge in [-0.25, -0.2) is 9.18 Å². The maximum Gasteiger partial charge on any atom is 0.508 e. The second-order valence-corrected chi connectivity index (χ2v) is 10.0. The van der Waals surface area contributed by atoms with Crippen LogP contribution in [-0.4, -0.2) is 82.4 Å². The fourth-order valence-electron chi connectivity index (χ4n) is 5.59. The molecule has 0 saturated carbocycles. The highest BCUT2D eigenvalue weighted by Crippen LogP contribution is 2.56. The van der Waals surface area contributed by atoms with Crippen molar-refractivity contribution < 1.29 is 48.4 Å². The summed E-state index contributed by atoms with van der Waals surface area (Å²) >= 11 is 0. The average Bonchev–Trinajstić information content (AvgIpc) is 2.80. The highest BCUT2D eigenvalue weighted by molar-refractivity contribution is 7.22. The third kappa shape index (κ3) is 3.31. The number of phenolic OH excluding ortho intramolecular Hbond substituents is 1. The summed E-state index contributed by atoms with van der Waals surface area (Å²) in [5.74, 6) is -8.71. The summed E-state index contributed by atoms with van der Waals surface area (Å²) in [4.78, 5) is 53.1. The van der Waals surface area contributed by atoms with Crippen LogP contribution in [0.2, 0.25) is 0 Å². The van der Waals surface area contributed by atoms with Gasteiger partial charge in [0.2, 0.25) is 0 Å². The number of carbonyl (C=O) groups excluding carboxylic acids is 4. The lowest BCUT2D eigenvalue weighted by Gasteiger charge is -2.54. The number of ketones is 2. The number of ether oxygens (including phenoxy) is 2. The number of Topliss-reactive ketones (excluding diaryl/α,β-unsaturated/α-hetero) is 2. The number of phenols is 1. The standard InChI is InChI=1S/C23H24FN2O9P/c1-26(2)15-14-18(35-22(33)34-3)8-6-7-9(24)4-5-10(27)11(7)16(28)12(8)19(30)23(14,36)20(31)13(17(15)29)21(25)32/h4-5,8,14-15,18,27,29-30H,6,36H2,1-3H3,(H2,25,32)/t8-,14-,15+,18+,23+/m1/s1. The fraction of sp³-hybridized carbons (Fsp3) is 0.391. The summed E-state index contributed by atoms with van der Waals surface area (Å²) in [5, 5.41) is 30.6. The van der Waals surface area contributed by atoms with Gasteiger partial charge < -0.3 is 30.5 Å². The Labute approximate surface area is 206 Å². The maximum absolute atomic E-state index is 14.8. The molecule has 0 saturated heterocycles. The molecule has 11 nitrogen and oxygen atoms in total. The largest absolute Gasteiger partial charge is 0.510 e. The summed E-state index contributed by atoms with van der Waals surface area (Å²) in [6.45, 7) is 0. The number of aliphatic hydroxyl groups excluding tert-OH is 2. The number of nitrogens with zero attached hydrogens (tertiary/aromatic N) is 1. The van der Waals surface area contributed by atoms with Crippen LogP contribution >= 0.6 is 9.24 Å². The minimum atomic E-state index is -2.16. The molecule has 0 heterocycles. The number of likely N-dealkylation sites (N-methyl/N-ethyl adjacent to an activating group) is 1. The van der Waals surface area contributed by atoms with Crippen LogP contribution in [0.25, 0.3) is 0 Å². The zero-order valence-corrected chi connectivity index (χ0v) is 20.6. The lowest BCUT2D eigenvalue weighted by molar-refractivity contribution is -0.129. The minimum absolute atomic E-state index is 0.169. The van der Waals surface area contributed by atoms with Crippen molar-refractivity contribution in [3.63, 3.8) is 0 Å².